The molecular weight excluding hydrogens is 204 g/mol. The molecule has 0 aliphatic heterocycles. The van der Waals surface area contributed by atoms with E-state index in [0.717, 1.165) is 12.8 Å². The molecule has 4 N–H and O–H groups in total. The molecule has 2 rings (SSSR count). The highest BCUT2D eigenvalue weighted by molar-refractivity contribution is 5.99. The standard InChI is InChI=1S/C11H16N4O/c12-15-10-5-6-13-7-9(10)11(16)14-8-3-1-2-4-8/h5-8H,1-4,12H2,(H,13,15)(H,14,16). The second-order valence-electron chi connectivity index (χ2n) is 4.02. The monoisotopic (exact) mass is 220 g/mol. The minimum atomic E-state index is -0.104. The number of nitrogens with zero attached hydrogens (tertiary/aromatic N) is 1. The van der Waals surface area contributed by atoms with Crippen molar-refractivity contribution in [1.82, 2.24) is 10.3 Å². The molecule has 0 saturated heterocycles. The first-order valence-corrected chi connectivity index (χ1v) is 5.53. The van der Waals surface area contributed by atoms with Crippen molar-refractivity contribution in [3.05, 3.63) is 24.0 Å². The molecule has 1 fully saturated rings. The summed E-state index contributed by atoms with van der Waals surface area (Å²) in [6.07, 6.45) is 7.65. The predicted molar refractivity (Wildman–Crippen MR) is 61.8 cm³/mol. The molecule has 0 radical (unpaired) electrons. The van der Waals surface area contributed by atoms with Gasteiger partial charge in [-0.3, -0.25) is 15.6 Å². The molecule has 0 aromatic carbocycles. The molecule has 1 heterocycles. The fourth-order valence-electron chi connectivity index (χ4n) is 2.03. The van der Waals surface area contributed by atoms with Crippen LogP contribution in [0.15, 0.2) is 18.5 Å². The van der Waals surface area contributed by atoms with E-state index in [9.17, 15) is 4.79 Å². The molecule has 1 aromatic heterocycles. The predicted octanol–water partition coefficient (Wildman–Crippen LogP) is 1.04. The van der Waals surface area contributed by atoms with Crippen molar-refractivity contribution in [3.63, 3.8) is 0 Å². The molecule has 1 aliphatic rings. The second kappa shape index (κ2) is 4.94. The lowest BCUT2D eigenvalue weighted by molar-refractivity contribution is 0.0938. The smallest absolute Gasteiger partial charge is 0.255 e. The van der Waals surface area contributed by atoms with Crippen molar-refractivity contribution < 1.29 is 4.79 Å². The van der Waals surface area contributed by atoms with Crippen molar-refractivity contribution in [2.75, 3.05) is 5.43 Å². The van der Waals surface area contributed by atoms with E-state index in [1.54, 1.807) is 12.3 Å². The van der Waals surface area contributed by atoms with E-state index < -0.39 is 0 Å². The first-order chi connectivity index (χ1) is 7.81. The number of hydrazine groups is 1. The Balaban J connectivity index is 2.07. The third-order valence-electron chi connectivity index (χ3n) is 2.91. The summed E-state index contributed by atoms with van der Waals surface area (Å²) in [5.74, 6) is 5.24. The first kappa shape index (κ1) is 10.9. The van der Waals surface area contributed by atoms with Gasteiger partial charge < -0.3 is 10.7 Å². The number of carbonyl (C=O) groups excluding carboxylic acids is 1. The summed E-state index contributed by atoms with van der Waals surface area (Å²) < 4.78 is 0. The van der Waals surface area contributed by atoms with Gasteiger partial charge in [0.05, 0.1) is 11.3 Å². The Bertz CT molecular complexity index is 374. The topological polar surface area (TPSA) is 80.0 Å². The molecular formula is C11H16N4O. The van der Waals surface area contributed by atoms with Crippen LogP contribution in [-0.4, -0.2) is 16.9 Å². The summed E-state index contributed by atoms with van der Waals surface area (Å²) in [6.45, 7) is 0. The Labute approximate surface area is 94.4 Å². The number of nitrogens with one attached hydrogen (secondary N) is 2. The summed E-state index contributed by atoms with van der Waals surface area (Å²) >= 11 is 0. The Kier molecular flexibility index (Phi) is 3.36. The van der Waals surface area contributed by atoms with Gasteiger partial charge in [0.2, 0.25) is 0 Å². The van der Waals surface area contributed by atoms with Gasteiger partial charge in [0, 0.05) is 18.4 Å². The Morgan fingerprint density at radius 2 is 2.19 bits per heavy atom. The lowest BCUT2D eigenvalue weighted by Gasteiger charge is -2.13. The van der Waals surface area contributed by atoms with E-state index in [2.05, 4.69) is 15.7 Å². The summed E-state index contributed by atoms with van der Waals surface area (Å²) in [5, 5.41) is 3.00. The molecule has 16 heavy (non-hydrogen) atoms. The van der Waals surface area contributed by atoms with Crippen LogP contribution in [0.5, 0.6) is 0 Å². The molecule has 1 aromatic rings. The number of nitrogens with two attached hydrogens (primary N) is 1. The number of carbonyl (C=O) groups is 1. The molecule has 0 atom stereocenters. The third-order valence-corrected chi connectivity index (χ3v) is 2.91. The summed E-state index contributed by atoms with van der Waals surface area (Å²) in [5.41, 5.74) is 3.60. The molecule has 1 saturated carbocycles. The normalized spacial score (nSPS) is 16.1. The van der Waals surface area contributed by atoms with Gasteiger partial charge in [0.1, 0.15) is 0 Å². The van der Waals surface area contributed by atoms with Gasteiger partial charge in [-0.2, -0.15) is 0 Å². The minimum absolute atomic E-state index is 0.104. The molecule has 5 nitrogen and oxygen atoms in total. The van der Waals surface area contributed by atoms with Crippen molar-refractivity contribution in [3.8, 4) is 0 Å². The number of aromatic nitrogens is 1. The fraction of sp³-hybridized carbons (Fsp3) is 0.455. The van der Waals surface area contributed by atoms with Crippen LogP contribution in [0, 0.1) is 0 Å². The number of anilines is 1. The van der Waals surface area contributed by atoms with Gasteiger partial charge in [-0.15, -0.1) is 0 Å². The molecule has 5 heteroatoms. The Hall–Kier alpha value is -1.62. The van der Waals surface area contributed by atoms with Crippen LogP contribution in [0.2, 0.25) is 0 Å². The highest BCUT2D eigenvalue weighted by Crippen LogP contribution is 2.19. The SMILES string of the molecule is NNc1ccncc1C(=O)NC1CCCC1. The van der Waals surface area contributed by atoms with E-state index in [1.807, 2.05) is 0 Å². The van der Waals surface area contributed by atoms with Crippen molar-refractivity contribution >= 4 is 11.6 Å². The zero-order chi connectivity index (χ0) is 11.4. The van der Waals surface area contributed by atoms with Gasteiger partial charge in [0.25, 0.3) is 5.91 Å². The number of pyridine rings is 1. The maximum absolute atomic E-state index is 11.9. The van der Waals surface area contributed by atoms with Crippen LogP contribution >= 0.6 is 0 Å². The van der Waals surface area contributed by atoms with Crippen molar-refractivity contribution in [2.24, 2.45) is 5.84 Å². The summed E-state index contributed by atoms with van der Waals surface area (Å²) in [7, 11) is 0. The van der Waals surface area contributed by atoms with Gasteiger partial charge in [0.15, 0.2) is 0 Å². The molecule has 1 amide bonds. The van der Waals surface area contributed by atoms with Gasteiger partial charge >= 0.3 is 0 Å². The van der Waals surface area contributed by atoms with E-state index >= 15 is 0 Å². The summed E-state index contributed by atoms with van der Waals surface area (Å²) in [4.78, 5) is 15.9. The lowest BCUT2D eigenvalue weighted by atomic mass is 10.2. The van der Waals surface area contributed by atoms with Crippen LogP contribution in [-0.2, 0) is 0 Å². The van der Waals surface area contributed by atoms with Crippen LogP contribution in [0.25, 0.3) is 0 Å². The van der Waals surface area contributed by atoms with E-state index in [-0.39, 0.29) is 5.91 Å². The quantitative estimate of drug-likeness (QED) is 0.525. The third kappa shape index (κ3) is 2.30. The van der Waals surface area contributed by atoms with Crippen LogP contribution in [0.4, 0.5) is 5.69 Å². The lowest BCUT2D eigenvalue weighted by Crippen LogP contribution is -2.33. The molecule has 1 aliphatic carbocycles. The van der Waals surface area contributed by atoms with Gasteiger partial charge in [-0.05, 0) is 18.9 Å². The maximum Gasteiger partial charge on any atom is 0.255 e. The maximum atomic E-state index is 11.9. The fourth-order valence-corrected chi connectivity index (χ4v) is 2.03. The molecule has 86 valence electrons. The van der Waals surface area contributed by atoms with E-state index in [0.29, 0.717) is 17.3 Å². The second-order valence-corrected chi connectivity index (χ2v) is 4.02. The van der Waals surface area contributed by atoms with Crippen molar-refractivity contribution in [1.29, 1.82) is 0 Å². The number of rotatable bonds is 3. The van der Waals surface area contributed by atoms with Crippen LogP contribution in [0.3, 0.4) is 0 Å². The number of amides is 1. The average molecular weight is 220 g/mol. The number of hydrogen-bond acceptors (Lipinski definition) is 4. The number of hydrogen-bond donors (Lipinski definition) is 3. The molecule has 0 bridgehead atoms. The Morgan fingerprint density at radius 3 is 2.88 bits per heavy atom. The van der Waals surface area contributed by atoms with Crippen LogP contribution < -0.4 is 16.6 Å². The first-order valence-electron chi connectivity index (χ1n) is 5.53. The molecule has 0 unspecified atom stereocenters. The molecule has 0 spiro atoms. The summed E-state index contributed by atoms with van der Waals surface area (Å²) in [6, 6.07) is 1.99. The zero-order valence-corrected chi connectivity index (χ0v) is 9.07. The van der Waals surface area contributed by atoms with Crippen molar-refractivity contribution in [2.45, 2.75) is 31.7 Å². The highest BCUT2D eigenvalue weighted by Gasteiger charge is 2.19. The average Bonchev–Trinajstić information content (AvgIpc) is 2.81. The minimum Gasteiger partial charge on any atom is -0.349 e. The van der Waals surface area contributed by atoms with Crippen LogP contribution in [0.1, 0.15) is 36.0 Å². The van der Waals surface area contributed by atoms with E-state index in [4.69, 9.17) is 5.84 Å². The number of nitrogen functional groups attached to an aromatic ring is 1. The van der Waals surface area contributed by atoms with Gasteiger partial charge in [-0.25, -0.2) is 0 Å². The highest BCUT2D eigenvalue weighted by atomic mass is 16.1. The largest absolute Gasteiger partial charge is 0.349 e. The van der Waals surface area contributed by atoms with Gasteiger partial charge in [-0.1, -0.05) is 12.8 Å². The zero-order valence-electron chi connectivity index (χ0n) is 9.07. The van der Waals surface area contributed by atoms with E-state index in [1.165, 1.54) is 19.0 Å². The Morgan fingerprint density at radius 1 is 1.44 bits per heavy atom.